The zero-order valence-electron chi connectivity index (χ0n) is 22.6. The summed E-state index contributed by atoms with van der Waals surface area (Å²) >= 11 is 0. The van der Waals surface area contributed by atoms with Crippen LogP contribution in [-0.2, 0) is 19.0 Å². The van der Waals surface area contributed by atoms with E-state index in [0.717, 1.165) is 25.1 Å². The number of rotatable bonds is 9. The number of carbonyl (C=O) groups is 2. The normalized spacial score (nSPS) is 20.4. The van der Waals surface area contributed by atoms with Crippen LogP contribution in [0.3, 0.4) is 0 Å². The lowest BCUT2D eigenvalue weighted by Gasteiger charge is -2.35. The Bertz CT molecular complexity index is 746. The van der Waals surface area contributed by atoms with Gasteiger partial charge in [-0.2, -0.15) is 0 Å². The molecule has 3 rings (SSSR count). The van der Waals surface area contributed by atoms with Crippen LogP contribution in [0.4, 0.5) is 4.79 Å². The molecular weight excluding hydrogens is 460 g/mol. The van der Waals surface area contributed by atoms with Crippen molar-refractivity contribution in [3.63, 3.8) is 0 Å². The van der Waals surface area contributed by atoms with Gasteiger partial charge in [-0.1, -0.05) is 37.5 Å². The standard InChI is InChI=1S/C17H32N2O3.C11H14O3/c1-17(2,3)22-16(20)19-14-10-7-11-18-15(14)12-21-13-8-5-4-6-9-13;1-13-11(12)8-5-9-14-10-6-3-2-4-7-10/h13-15,18H,4-12H2,1-3H3,(H,19,20);2-4,6-7H,5,8-9H2,1H3/t14-,15-;/m0./s1. The van der Waals surface area contributed by atoms with Crippen molar-refractivity contribution < 1.29 is 28.5 Å². The third kappa shape index (κ3) is 13.1. The minimum Gasteiger partial charge on any atom is -0.494 e. The van der Waals surface area contributed by atoms with Crippen LogP contribution in [0, 0.1) is 0 Å². The van der Waals surface area contributed by atoms with Crippen molar-refractivity contribution in [3.8, 4) is 5.75 Å². The molecule has 1 aliphatic carbocycles. The van der Waals surface area contributed by atoms with E-state index in [1.165, 1.54) is 39.2 Å². The Labute approximate surface area is 216 Å². The predicted octanol–water partition coefficient (Wildman–Crippen LogP) is 5.00. The lowest BCUT2D eigenvalue weighted by Crippen LogP contribution is -2.56. The van der Waals surface area contributed by atoms with Gasteiger partial charge in [-0.25, -0.2) is 4.79 Å². The number of methoxy groups -OCH3 is 1. The van der Waals surface area contributed by atoms with E-state index < -0.39 is 5.60 Å². The molecular formula is C28H46N2O6. The number of ether oxygens (including phenoxy) is 4. The average Bonchev–Trinajstić information content (AvgIpc) is 2.86. The first kappa shape index (κ1) is 29.9. The summed E-state index contributed by atoms with van der Waals surface area (Å²) in [6.45, 7) is 7.86. The summed E-state index contributed by atoms with van der Waals surface area (Å²) in [5.41, 5.74) is -0.458. The first-order chi connectivity index (χ1) is 17.3. The molecule has 1 amide bonds. The van der Waals surface area contributed by atoms with E-state index in [-0.39, 0.29) is 24.1 Å². The number of hydrogen-bond acceptors (Lipinski definition) is 7. The van der Waals surface area contributed by atoms with E-state index in [1.807, 2.05) is 51.1 Å². The Kier molecular flexibility index (Phi) is 13.6. The molecule has 0 bridgehead atoms. The Morgan fingerprint density at radius 2 is 1.75 bits per heavy atom. The SMILES string of the molecule is CC(C)(C)OC(=O)N[C@H]1CCCN[C@H]1COC1CCCCC1.COC(=O)CCCOc1ccccc1. The molecule has 2 fully saturated rings. The van der Waals surface area contributed by atoms with Crippen molar-refractivity contribution >= 4 is 12.1 Å². The van der Waals surface area contributed by atoms with Gasteiger partial charge in [-0.3, -0.25) is 4.79 Å². The van der Waals surface area contributed by atoms with Crippen LogP contribution in [0.2, 0.25) is 0 Å². The Morgan fingerprint density at radius 1 is 1.03 bits per heavy atom. The van der Waals surface area contributed by atoms with Crippen molar-refractivity contribution in [2.75, 3.05) is 26.9 Å². The molecule has 2 atom stereocenters. The second-order valence-corrected chi connectivity index (χ2v) is 10.4. The van der Waals surface area contributed by atoms with Crippen molar-refractivity contribution in [1.29, 1.82) is 0 Å². The second-order valence-electron chi connectivity index (χ2n) is 10.4. The monoisotopic (exact) mass is 506 g/mol. The Morgan fingerprint density at radius 3 is 2.42 bits per heavy atom. The number of para-hydroxylation sites is 1. The fourth-order valence-electron chi connectivity index (χ4n) is 4.26. The largest absolute Gasteiger partial charge is 0.494 e. The highest BCUT2D eigenvalue weighted by molar-refractivity contribution is 5.69. The highest BCUT2D eigenvalue weighted by Gasteiger charge is 2.29. The number of benzene rings is 1. The number of esters is 1. The summed E-state index contributed by atoms with van der Waals surface area (Å²) < 4.78 is 21.3. The van der Waals surface area contributed by atoms with Crippen LogP contribution < -0.4 is 15.4 Å². The van der Waals surface area contributed by atoms with Crippen molar-refractivity contribution in [2.24, 2.45) is 0 Å². The Balaban J connectivity index is 0.000000281. The fraction of sp³-hybridized carbons (Fsp3) is 0.714. The number of nitrogens with one attached hydrogen (secondary N) is 2. The van der Waals surface area contributed by atoms with E-state index in [2.05, 4.69) is 15.4 Å². The predicted molar refractivity (Wildman–Crippen MR) is 140 cm³/mol. The maximum absolute atomic E-state index is 12.0. The number of alkyl carbamates (subject to hydrolysis) is 1. The van der Waals surface area contributed by atoms with Crippen molar-refractivity contribution in [1.82, 2.24) is 10.6 Å². The molecule has 1 saturated heterocycles. The second kappa shape index (κ2) is 16.4. The van der Waals surface area contributed by atoms with Gasteiger partial charge >= 0.3 is 12.1 Å². The molecule has 1 saturated carbocycles. The number of carbonyl (C=O) groups excluding carboxylic acids is 2. The molecule has 0 aromatic heterocycles. The lowest BCUT2D eigenvalue weighted by molar-refractivity contribution is -0.140. The Hall–Kier alpha value is -2.32. The molecule has 0 radical (unpaired) electrons. The average molecular weight is 507 g/mol. The molecule has 1 aromatic carbocycles. The summed E-state index contributed by atoms with van der Waals surface area (Å²) in [7, 11) is 1.39. The summed E-state index contributed by atoms with van der Waals surface area (Å²) in [6.07, 6.45) is 9.46. The van der Waals surface area contributed by atoms with Crippen LogP contribution in [0.15, 0.2) is 30.3 Å². The molecule has 36 heavy (non-hydrogen) atoms. The number of amides is 1. The molecule has 2 N–H and O–H groups in total. The summed E-state index contributed by atoms with van der Waals surface area (Å²) in [4.78, 5) is 22.7. The van der Waals surface area contributed by atoms with E-state index in [9.17, 15) is 9.59 Å². The maximum Gasteiger partial charge on any atom is 0.407 e. The summed E-state index contributed by atoms with van der Waals surface area (Å²) in [6, 6.07) is 9.80. The van der Waals surface area contributed by atoms with Crippen LogP contribution in [0.1, 0.15) is 78.6 Å². The van der Waals surface area contributed by atoms with E-state index >= 15 is 0 Å². The molecule has 2 aliphatic rings. The van der Waals surface area contributed by atoms with Gasteiger partial charge in [0, 0.05) is 12.5 Å². The topological polar surface area (TPSA) is 95.1 Å². The van der Waals surface area contributed by atoms with E-state index in [1.54, 1.807) is 0 Å². The molecule has 1 aromatic rings. The van der Waals surface area contributed by atoms with E-state index in [4.69, 9.17) is 14.2 Å². The zero-order chi connectivity index (χ0) is 26.2. The van der Waals surface area contributed by atoms with Gasteiger partial charge in [0.15, 0.2) is 0 Å². The number of piperidine rings is 1. The molecule has 204 valence electrons. The van der Waals surface area contributed by atoms with Gasteiger partial charge in [-0.15, -0.1) is 0 Å². The minimum atomic E-state index is -0.458. The third-order valence-corrected chi connectivity index (χ3v) is 6.11. The van der Waals surface area contributed by atoms with Crippen LogP contribution in [-0.4, -0.2) is 62.7 Å². The van der Waals surface area contributed by atoms with Crippen LogP contribution in [0.5, 0.6) is 5.75 Å². The minimum absolute atomic E-state index is 0.0900. The third-order valence-electron chi connectivity index (χ3n) is 6.11. The molecule has 1 heterocycles. The first-order valence-corrected chi connectivity index (χ1v) is 13.4. The van der Waals surface area contributed by atoms with Crippen LogP contribution >= 0.6 is 0 Å². The van der Waals surface area contributed by atoms with Crippen molar-refractivity contribution in [2.45, 2.75) is 102 Å². The highest BCUT2D eigenvalue weighted by atomic mass is 16.6. The van der Waals surface area contributed by atoms with Crippen LogP contribution in [0.25, 0.3) is 0 Å². The fourth-order valence-corrected chi connectivity index (χ4v) is 4.26. The molecule has 8 heteroatoms. The van der Waals surface area contributed by atoms with Gasteiger partial charge in [-0.05, 0) is 71.6 Å². The zero-order valence-corrected chi connectivity index (χ0v) is 22.6. The van der Waals surface area contributed by atoms with Gasteiger partial charge in [0.1, 0.15) is 11.4 Å². The van der Waals surface area contributed by atoms with Gasteiger partial charge < -0.3 is 29.6 Å². The quantitative estimate of drug-likeness (QED) is 0.359. The maximum atomic E-state index is 12.0. The summed E-state index contributed by atoms with van der Waals surface area (Å²) in [5, 5.41) is 6.49. The molecule has 0 spiro atoms. The van der Waals surface area contributed by atoms with Crippen molar-refractivity contribution in [3.05, 3.63) is 30.3 Å². The van der Waals surface area contributed by atoms with E-state index in [0.29, 0.717) is 32.2 Å². The smallest absolute Gasteiger partial charge is 0.407 e. The first-order valence-electron chi connectivity index (χ1n) is 13.4. The van der Waals surface area contributed by atoms with Gasteiger partial charge in [0.2, 0.25) is 0 Å². The summed E-state index contributed by atoms with van der Waals surface area (Å²) in [5.74, 6) is 0.638. The highest BCUT2D eigenvalue weighted by Crippen LogP contribution is 2.21. The molecule has 0 unspecified atom stereocenters. The van der Waals surface area contributed by atoms with Gasteiger partial charge in [0.05, 0.1) is 32.5 Å². The molecule has 1 aliphatic heterocycles. The number of hydrogen-bond donors (Lipinski definition) is 2. The lowest BCUT2D eigenvalue weighted by atomic mass is 9.97. The van der Waals surface area contributed by atoms with Gasteiger partial charge in [0.25, 0.3) is 0 Å². The molecule has 8 nitrogen and oxygen atoms in total.